The Hall–Kier alpha value is -1.41. The van der Waals surface area contributed by atoms with Gasteiger partial charge in [0, 0.05) is 16.8 Å². The van der Waals surface area contributed by atoms with Gasteiger partial charge in [0.1, 0.15) is 5.15 Å². The standard InChI is InChI=1S/C15H15ClN2/c1-2-10-6-3-4-7-11(10)15-17-13-9-5-8-12(13)14(16)18-15/h3-4,6-7H,2,5,8-9H2,1H3. The van der Waals surface area contributed by atoms with Gasteiger partial charge in [-0.25, -0.2) is 9.97 Å². The topological polar surface area (TPSA) is 25.8 Å². The fourth-order valence-corrected chi connectivity index (χ4v) is 2.84. The third-order valence-electron chi connectivity index (χ3n) is 3.52. The Bertz CT molecular complexity index is 593. The molecule has 1 aliphatic carbocycles. The minimum atomic E-state index is 0.637. The van der Waals surface area contributed by atoms with Crippen molar-refractivity contribution in [3.8, 4) is 11.4 Å². The Morgan fingerprint density at radius 1 is 1.17 bits per heavy atom. The highest BCUT2D eigenvalue weighted by Crippen LogP contribution is 2.30. The van der Waals surface area contributed by atoms with Crippen LogP contribution in [-0.4, -0.2) is 9.97 Å². The molecular formula is C15H15ClN2. The zero-order valence-electron chi connectivity index (χ0n) is 10.4. The molecule has 2 nitrogen and oxygen atoms in total. The minimum absolute atomic E-state index is 0.637. The predicted molar refractivity (Wildman–Crippen MR) is 73.9 cm³/mol. The number of hydrogen-bond acceptors (Lipinski definition) is 2. The smallest absolute Gasteiger partial charge is 0.161 e. The van der Waals surface area contributed by atoms with Gasteiger partial charge < -0.3 is 0 Å². The second-order valence-corrected chi connectivity index (χ2v) is 4.99. The molecule has 0 aliphatic heterocycles. The van der Waals surface area contributed by atoms with E-state index in [1.165, 1.54) is 5.56 Å². The first-order valence-corrected chi connectivity index (χ1v) is 6.81. The number of fused-ring (bicyclic) bond motifs is 1. The summed E-state index contributed by atoms with van der Waals surface area (Å²) in [5, 5.41) is 0.637. The Morgan fingerprint density at radius 2 is 2.00 bits per heavy atom. The summed E-state index contributed by atoms with van der Waals surface area (Å²) in [6.45, 7) is 2.15. The molecule has 3 heteroatoms. The molecule has 0 amide bonds. The maximum Gasteiger partial charge on any atom is 0.161 e. The maximum atomic E-state index is 6.27. The first-order chi connectivity index (χ1) is 8.79. The van der Waals surface area contributed by atoms with Crippen LogP contribution in [0.1, 0.15) is 30.2 Å². The highest BCUT2D eigenvalue weighted by atomic mass is 35.5. The summed E-state index contributed by atoms with van der Waals surface area (Å²) in [5.74, 6) is 0.776. The molecule has 0 unspecified atom stereocenters. The van der Waals surface area contributed by atoms with E-state index in [1.807, 2.05) is 6.07 Å². The van der Waals surface area contributed by atoms with E-state index in [1.54, 1.807) is 0 Å². The van der Waals surface area contributed by atoms with E-state index in [0.29, 0.717) is 5.15 Å². The third kappa shape index (κ3) is 1.91. The molecule has 0 saturated carbocycles. The number of hydrogen-bond donors (Lipinski definition) is 0. The summed E-state index contributed by atoms with van der Waals surface area (Å²) in [5.41, 5.74) is 4.66. The minimum Gasteiger partial charge on any atom is -0.233 e. The van der Waals surface area contributed by atoms with Crippen molar-refractivity contribution in [2.45, 2.75) is 32.6 Å². The van der Waals surface area contributed by atoms with Crippen molar-refractivity contribution in [3.05, 3.63) is 46.2 Å². The lowest BCUT2D eigenvalue weighted by Gasteiger charge is -2.09. The lowest BCUT2D eigenvalue weighted by molar-refractivity contribution is 0.899. The SMILES string of the molecule is CCc1ccccc1-c1nc(Cl)c2c(n1)CCC2. The molecule has 1 aromatic heterocycles. The molecule has 3 rings (SSSR count). The fourth-order valence-electron chi connectivity index (χ4n) is 2.55. The Balaban J connectivity index is 2.15. The molecule has 0 N–H and O–H groups in total. The second-order valence-electron chi connectivity index (χ2n) is 4.63. The number of nitrogens with zero attached hydrogens (tertiary/aromatic N) is 2. The molecule has 1 heterocycles. The Morgan fingerprint density at radius 3 is 2.83 bits per heavy atom. The van der Waals surface area contributed by atoms with Crippen molar-refractivity contribution in [1.82, 2.24) is 9.97 Å². The fraction of sp³-hybridized carbons (Fsp3) is 0.333. The van der Waals surface area contributed by atoms with E-state index in [2.05, 4.69) is 30.1 Å². The molecule has 0 fully saturated rings. The number of halogens is 1. The van der Waals surface area contributed by atoms with Crippen molar-refractivity contribution in [2.75, 3.05) is 0 Å². The number of rotatable bonds is 2. The van der Waals surface area contributed by atoms with E-state index in [9.17, 15) is 0 Å². The van der Waals surface area contributed by atoms with Gasteiger partial charge in [0.25, 0.3) is 0 Å². The monoisotopic (exact) mass is 258 g/mol. The molecule has 0 atom stereocenters. The molecule has 1 aromatic carbocycles. The average molecular weight is 259 g/mol. The summed E-state index contributed by atoms with van der Waals surface area (Å²) in [6.07, 6.45) is 4.17. The van der Waals surface area contributed by atoms with Crippen LogP contribution in [0.25, 0.3) is 11.4 Å². The van der Waals surface area contributed by atoms with Crippen molar-refractivity contribution in [1.29, 1.82) is 0 Å². The number of aromatic nitrogens is 2. The quantitative estimate of drug-likeness (QED) is 0.765. The van der Waals surface area contributed by atoms with Crippen LogP contribution in [-0.2, 0) is 19.3 Å². The third-order valence-corrected chi connectivity index (χ3v) is 3.83. The van der Waals surface area contributed by atoms with Gasteiger partial charge in [0.15, 0.2) is 5.82 Å². The van der Waals surface area contributed by atoms with Gasteiger partial charge in [-0.1, -0.05) is 42.8 Å². The summed E-state index contributed by atoms with van der Waals surface area (Å²) in [7, 11) is 0. The van der Waals surface area contributed by atoms with Crippen LogP contribution in [0, 0.1) is 0 Å². The summed E-state index contributed by atoms with van der Waals surface area (Å²) >= 11 is 6.27. The molecular weight excluding hydrogens is 244 g/mol. The van der Waals surface area contributed by atoms with Gasteiger partial charge in [-0.2, -0.15) is 0 Å². The van der Waals surface area contributed by atoms with Crippen LogP contribution in [0.4, 0.5) is 0 Å². The molecule has 0 spiro atoms. The zero-order valence-corrected chi connectivity index (χ0v) is 11.2. The summed E-state index contributed by atoms with van der Waals surface area (Å²) in [4.78, 5) is 9.18. The van der Waals surface area contributed by atoms with Gasteiger partial charge in [-0.3, -0.25) is 0 Å². The highest BCUT2D eigenvalue weighted by Gasteiger charge is 2.19. The second kappa shape index (κ2) is 4.69. The highest BCUT2D eigenvalue weighted by molar-refractivity contribution is 6.30. The molecule has 0 bridgehead atoms. The van der Waals surface area contributed by atoms with E-state index < -0.39 is 0 Å². The molecule has 0 saturated heterocycles. The zero-order chi connectivity index (χ0) is 12.5. The Labute approximate surface area is 112 Å². The van der Waals surface area contributed by atoms with E-state index in [-0.39, 0.29) is 0 Å². The van der Waals surface area contributed by atoms with Crippen LogP contribution >= 0.6 is 11.6 Å². The summed E-state index contributed by atoms with van der Waals surface area (Å²) in [6, 6.07) is 8.28. The van der Waals surface area contributed by atoms with Crippen LogP contribution in [0.15, 0.2) is 24.3 Å². The molecule has 2 aromatic rings. The van der Waals surface area contributed by atoms with E-state index >= 15 is 0 Å². The van der Waals surface area contributed by atoms with Gasteiger partial charge in [-0.05, 0) is 31.2 Å². The average Bonchev–Trinajstić information content (AvgIpc) is 2.87. The summed E-state index contributed by atoms with van der Waals surface area (Å²) < 4.78 is 0. The van der Waals surface area contributed by atoms with Crippen molar-refractivity contribution in [2.24, 2.45) is 0 Å². The van der Waals surface area contributed by atoms with Gasteiger partial charge in [-0.15, -0.1) is 0 Å². The lowest BCUT2D eigenvalue weighted by Crippen LogP contribution is -1.99. The van der Waals surface area contributed by atoms with Crippen LogP contribution in [0.3, 0.4) is 0 Å². The normalized spacial score (nSPS) is 13.7. The maximum absolute atomic E-state index is 6.27. The number of aryl methyl sites for hydroxylation is 2. The molecule has 92 valence electrons. The molecule has 1 aliphatic rings. The largest absolute Gasteiger partial charge is 0.233 e. The first-order valence-electron chi connectivity index (χ1n) is 6.43. The molecule has 0 radical (unpaired) electrons. The van der Waals surface area contributed by atoms with Crippen molar-refractivity contribution < 1.29 is 0 Å². The van der Waals surface area contributed by atoms with Gasteiger partial charge >= 0.3 is 0 Å². The Kier molecular flexibility index (Phi) is 3.04. The van der Waals surface area contributed by atoms with Crippen LogP contribution in [0.2, 0.25) is 5.15 Å². The predicted octanol–water partition coefficient (Wildman–Crippen LogP) is 3.85. The molecule has 18 heavy (non-hydrogen) atoms. The van der Waals surface area contributed by atoms with E-state index in [4.69, 9.17) is 16.6 Å². The van der Waals surface area contributed by atoms with Gasteiger partial charge in [0.2, 0.25) is 0 Å². The van der Waals surface area contributed by atoms with Crippen LogP contribution < -0.4 is 0 Å². The lowest BCUT2D eigenvalue weighted by atomic mass is 10.0. The number of benzene rings is 1. The van der Waals surface area contributed by atoms with Gasteiger partial charge in [0.05, 0.1) is 0 Å². The van der Waals surface area contributed by atoms with Crippen LogP contribution in [0.5, 0.6) is 0 Å². The van der Waals surface area contributed by atoms with Crippen molar-refractivity contribution in [3.63, 3.8) is 0 Å². The van der Waals surface area contributed by atoms with E-state index in [0.717, 1.165) is 48.3 Å². The van der Waals surface area contributed by atoms with Crippen molar-refractivity contribution >= 4 is 11.6 Å². The first kappa shape index (κ1) is 11.7.